The summed E-state index contributed by atoms with van der Waals surface area (Å²) in [4.78, 5) is 32.3. The summed E-state index contributed by atoms with van der Waals surface area (Å²) < 4.78 is 11.1. The molecule has 0 saturated carbocycles. The average Bonchev–Trinajstić information content (AvgIpc) is 3.35. The summed E-state index contributed by atoms with van der Waals surface area (Å²) in [6.07, 6.45) is 2.16. The van der Waals surface area contributed by atoms with Crippen LogP contribution in [0, 0.1) is 0 Å². The monoisotopic (exact) mass is 386 g/mol. The van der Waals surface area contributed by atoms with Gasteiger partial charge in [0.1, 0.15) is 11.8 Å². The van der Waals surface area contributed by atoms with Crippen molar-refractivity contribution in [2.75, 3.05) is 26.7 Å². The van der Waals surface area contributed by atoms with Gasteiger partial charge >= 0.3 is 0 Å². The molecule has 2 aromatic rings. The predicted octanol–water partition coefficient (Wildman–Crippen LogP) is 2.47. The molecule has 28 heavy (non-hydrogen) atoms. The van der Waals surface area contributed by atoms with Crippen molar-refractivity contribution in [1.29, 1.82) is 0 Å². The van der Waals surface area contributed by atoms with Gasteiger partial charge < -0.3 is 19.1 Å². The SMILES string of the molecule is CCOc1ccccc1C(=O)N1CCCC1c1nc(CCN(C)C(C)=O)no1. The van der Waals surface area contributed by atoms with Crippen LogP contribution >= 0.6 is 0 Å². The maximum atomic E-state index is 13.1. The first kappa shape index (κ1) is 19.9. The minimum atomic E-state index is -0.242. The Morgan fingerprint density at radius 3 is 2.89 bits per heavy atom. The van der Waals surface area contributed by atoms with Crippen molar-refractivity contribution < 1.29 is 18.8 Å². The number of carbonyl (C=O) groups excluding carboxylic acids is 2. The van der Waals surface area contributed by atoms with Gasteiger partial charge in [0.15, 0.2) is 5.82 Å². The lowest BCUT2D eigenvalue weighted by molar-refractivity contribution is -0.127. The molecule has 1 saturated heterocycles. The average molecular weight is 386 g/mol. The van der Waals surface area contributed by atoms with Gasteiger partial charge in [-0.1, -0.05) is 17.3 Å². The quantitative estimate of drug-likeness (QED) is 0.726. The van der Waals surface area contributed by atoms with E-state index in [2.05, 4.69) is 10.1 Å². The molecule has 0 radical (unpaired) electrons. The highest BCUT2D eigenvalue weighted by molar-refractivity contribution is 5.97. The number of hydrogen-bond acceptors (Lipinski definition) is 6. The molecule has 2 heterocycles. The van der Waals surface area contributed by atoms with Crippen molar-refractivity contribution in [3.63, 3.8) is 0 Å². The van der Waals surface area contributed by atoms with Crippen LogP contribution in [0.25, 0.3) is 0 Å². The van der Waals surface area contributed by atoms with Crippen LogP contribution < -0.4 is 4.74 Å². The van der Waals surface area contributed by atoms with Crippen LogP contribution in [0.2, 0.25) is 0 Å². The molecule has 2 amide bonds. The topological polar surface area (TPSA) is 88.8 Å². The zero-order valence-electron chi connectivity index (χ0n) is 16.6. The van der Waals surface area contributed by atoms with Crippen molar-refractivity contribution >= 4 is 11.8 Å². The van der Waals surface area contributed by atoms with Crippen LogP contribution in [0.5, 0.6) is 5.75 Å². The number of likely N-dealkylation sites (N-methyl/N-ethyl adjacent to an activating group) is 1. The molecule has 8 heteroatoms. The first-order chi connectivity index (χ1) is 13.5. The van der Waals surface area contributed by atoms with Gasteiger partial charge in [-0.25, -0.2) is 0 Å². The molecule has 1 aliphatic rings. The molecule has 0 N–H and O–H groups in total. The van der Waals surface area contributed by atoms with E-state index in [0.29, 0.717) is 49.1 Å². The molecule has 1 aromatic carbocycles. The molecular weight excluding hydrogens is 360 g/mol. The number of aromatic nitrogens is 2. The third-order valence-electron chi connectivity index (χ3n) is 4.91. The van der Waals surface area contributed by atoms with Gasteiger partial charge in [0.05, 0.1) is 12.2 Å². The van der Waals surface area contributed by atoms with Gasteiger partial charge in [-0.3, -0.25) is 9.59 Å². The number of nitrogens with zero attached hydrogens (tertiary/aromatic N) is 4. The minimum Gasteiger partial charge on any atom is -0.493 e. The predicted molar refractivity (Wildman–Crippen MR) is 102 cm³/mol. The summed E-state index contributed by atoms with van der Waals surface area (Å²) in [6, 6.07) is 7.02. The second-order valence-electron chi connectivity index (χ2n) is 6.83. The van der Waals surface area contributed by atoms with Gasteiger partial charge in [-0.05, 0) is 31.9 Å². The highest BCUT2D eigenvalue weighted by Crippen LogP contribution is 2.33. The number of likely N-dealkylation sites (tertiary alicyclic amines) is 1. The fourth-order valence-electron chi connectivity index (χ4n) is 3.28. The minimum absolute atomic E-state index is 0.00996. The van der Waals surface area contributed by atoms with Crippen LogP contribution in [0.15, 0.2) is 28.8 Å². The van der Waals surface area contributed by atoms with Crippen molar-refractivity contribution in [3.8, 4) is 5.75 Å². The molecule has 0 spiro atoms. The van der Waals surface area contributed by atoms with Crippen LogP contribution in [-0.4, -0.2) is 58.5 Å². The summed E-state index contributed by atoms with van der Waals surface area (Å²) >= 11 is 0. The molecule has 1 aromatic heterocycles. The van der Waals surface area contributed by atoms with E-state index in [1.54, 1.807) is 29.0 Å². The van der Waals surface area contributed by atoms with E-state index < -0.39 is 0 Å². The lowest BCUT2D eigenvalue weighted by Crippen LogP contribution is -2.31. The lowest BCUT2D eigenvalue weighted by Gasteiger charge is -2.23. The standard InChI is InChI=1S/C20H26N4O4/c1-4-27-17-10-6-5-8-15(17)20(26)24-12-7-9-16(24)19-21-18(22-28-19)11-13-23(3)14(2)25/h5-6,8,10,16H,4,7,9,11-13H2,1-3H3. The fraction of sp³-hybridized carbons (Fsp3) is 0.500. The highest BCUT2D eigenvalue weighted by Gasteiger charge is 2.35. The van der Waals surface area contributed by atoms with E-state index >= 15 is 0 Å². The molecule has 8 nitrogen and oxygen atoms in total. The Hall–Kier alpha value is -2.90. The van der Waals surface area contributed by atoms with Crippen LogP contribution in [0.1, 0.15) is 54.8 Å². The number of para-hydroxylation sites is 1. The van der Waals surface area contributed by atoms with Gasteiger partial charge in [0, 0.05) is 33.5 Å². The molecule has 1 aliphatic heterocycles. The largest absolute Gasteiger partial charge is 0.493 e. The third kappa shape index (κ3) is 4.32. The molecule has 0 bridgehead atoms. The summed E-state index contributed by atoms with van der Waals surface area (Å²) in [7, 11) is 1.73. The van der Waals surface area contributed by atoms with E-state index in [0.717, 1.165) is 12.8 Å². The maximum Gasteiger partial charge on any atom is 0.258 e. The smallest absolute Gasteiger partial charge is 0.258 e. The second-order valence-corrected chi connectivity index (χ2v) is 6.83. The summed E-state index contributed by atoms with van der Waals surface area (Å²) in [5.74, 6) is 1.46. The van der Waals surface area contributed by atoms with Gasteiger partial charge in [-0.2, -0.15) is 4.98 Å². The highest BCUT2D eigenvalue weighted by atomic mass is 16.5. The number of amides is 2. The van der Waals surface area contributed by atoms with E-state index in [1.165, 1.54) is 6.92 Å². The summed E-state index contributed by atoms with van der Waals surface area (Å²) in [5, 5.41) is 4.02. The Balaban J connectivity index is 1.73. The Kier molecular flexibility index (Phi) is 6.28. The summed E-state index contributed by atoms with van der Waals surface area (Å²) in [6.45, 7) is 5.06. The first-order valence-electron chi connectivity index (χ1n) is 9.58. The Morgan fingerprint density at radius 1 is 1.36 bits per heavy atom. The Morgan fingerprint density at radius 2 is 2.14 bits per heavy atom. The third-order valence-corrected chi connectivity index (χ3v) is 4.91. The van der Waals surface area contributed by atoms with Crippen molar-refractivity contribution in [2.45, 2.75) is 39.2 Å². The first-order valence-corrected chi connectivity index (χ1v) is 9.58. The van der Waals surface area contributed by atoms with Crippen molar-refractivity contribution in [2.24, 2.45) is 0 Å². The van der Waals surface area contributed by atoms with Crippen LogP contribution in [0.4, 0.5) is 0 Å². The van der Waals surface area contributed by atoms with E-state index in [1.807, 2.05) is 19.1 Å². The van der Waals surface area contributed by atoms with Gasteiger partial charge in [-0.15, -0.1) is 0 Å². The zero-order valence-corrected chi connectivity index (χ0v) is 16.6. The van der Waals surface area contributed by atoms with E-state index in [9.17, 15) is 9.59 Å². The second kappa shape index (κ2) is 8.86. The molecule has 1 atom stereocenters. The summed E-state index contributed by atoms with van der Waals surface area (Å²) in [5.41, 5.74) is 0.541. The molecule has 0 aliphatic carbocycles. The molecular formula is C20H26N4O4. The van der Waals surface area contributed by atoms with Crippen molar-refractivity contribution in [3.05, 3.63) is 41.5 Å². The number of benzene rings is 1. The van der Waals surface area contributed by atoms with Gasteiger partial charge in [0.25, 0.3) is 5.91 Å². The molecule has 1 unspecified atom stereocenters. The van der Waals surface area contributed by atoms with E-state index in [-0.39, 0.29) is 17.9 Å². The maximum absolute atomic E-state index is 13.1. The van der Waals surface area contributed by atoms with Crippen LogP contribution in [-0.2, 0) is 11.2 Å². The molecule has 150 valence electrons. The number of rotatable bonds is 7. The van der Waals surface area contributed by atoms with Crippen molar-refractivity contribution in [1.82, 2.24) is 19.9 Å². The molecule has 3 rings (SSSR count). The lowest BCUT2D eigenvalue weighted by atomic mass is 10.1. The van der Waals surface area contributed by atoms with E-state index in [4.69, 9.17) is 9.26 Å². The number of carbonyl (C=O) groups is 2. The Bertz CT molecular complexity index is 835. The number of ether oxygens (including phenoxy) is 1. The van der Waals surface area contributed by atoms with Gasteiger partial charge in [0.2, 0.25) is 11.8 Å². The van der Waals surface area contributed by atoms with Crippen LogP contribution in [0.3, 0.4) is 0 Å². The normalized spacial score (nSPS) is 16.2. The fourth-order valence-corrected chi connectivity index (χ4v) is 3.28. The Labute approximate surface area is 164 Å². The molecule has 1 fully saturated rings. The number of hydrogen-bond donors (Lipinski definition) is 0. The zero-order chi connectivity index (χ0) is 20.1.